The van der Waals surface area contributed by atoms with E-state index in [1.54, 1.807) is 0 Å². The maximum atomic E-state index is 9.88. The molecule has 1 fully saturated rings. The largest absolute Gasteiger partial charge is 0.390 e. The predicted molar refractivity (Wildman–Crippen MR) is 71.1 cm³/mol. The smallest absolute Gasteiger partial charge is 0.0925 e. The van der Waals surface area contributed by atoms with Crippen molar-refractivity contribution >= 4 is 0 Å². The molecular weight excluding hydrogens is 224 g/mol. The maximum absolute atomic E-state index is 9.88. The number of benzene rings is 1. The number of aryl methyl sites for hydroxylation is 2. The molecule has 1 aromatic heterocycles. The van der Waals surface area contributed by atoms with Crippen LogP contribution in [0.5, 0.6) is 0 Å². The molecule has 3 heteroatoms. The average Bonchev–Trinajstić information content (AvgIpc) is 3.00. The second-order valence-electron chi connectivity index (χ2n) is 5.23. The standard InChI is InChI=1S/C15H18N2O/c1-17-13(7-8-15(18)9-10-15)11-14(16-17)12-5-3-2-4-6-12/h2-6,11,18H,7-10H2,1H3. The van der Waals surface area contributed by atoms with Crippen molar-refractivity contribution in [3.8, 4) is 11.3 Å². The van der Waals surface area contributed by atoms with Crippen molar-refractivity contribution in [2.45, 2.75) is 31.3 Å². The highest BCUT2D eigenvalue weighted by atomic mass is 16.3. The number of aromatic nitrogens is 2. The topological polar surface area (TPSA) is 38.0 Å². The Balaban J connectivity index is 1.78. The van der Waals surface area contributed by atoms with Crippen LogP contribution in [0.15, 0.2) is 36.4 Å². The van der Waals surface area contributed by atoms with Crippen molar-refractivity contribution in [3.63, 3.8) is 0 Å². The van der Waals surface area contributed by atoms with Gasteiger partial charge in [0.15, 0.2) is 0 Å². The molecule has 0 spiro atoms. The molecule has 18 heavy (non-hydrogen) atoms. The summed E-state index contributed by atoms with van der Waals surface area (Å²) in [6.45, 7) is 0. The molecule has 0 radical (unpaired) electrons. The lowest BCUT2D eigenvalue weighted by molar-refractivity contribution is 0.140. The highest BCUT2D eigenvalue weighted by Gasteiger charge is 2.39. The minimum Gasteiger partial charge on any atom is -0.390 e. The zero-order valence-corrected chi connectivity index (χ0v) is 10.6. The second-order valence-corrected chi connectivity index (χ2v) is 5.23. The summed E-state index contributed by atoms with van der Waals surface area (Å²) in [7, 11) is 1.97. The lowest BCUT2D eigenvalue weighted by Crippen LogP contribution is -2.09. The summed E-state index contributed by atoms with van der Waals surface area (Å²) in [6.07, 6.45) is 3.65. The third-order valence-corrected chi connectivity index (χ3v) is 3.72. The molecule has 0 atom stereocenters. The molecule has 3 nitrogen and oxygen atoms in total. The Hall–Kier alpha value is -1.61. The van der Waals surface area contributed by atoms with Gasteiger partial charge in [-0.25, -0.2) is 0 Å². The fraction of sp³-hybridized carbons (Fsp3) is 0.400. The summed E-state index contributed by atoms with van der Waals surface area (Å²) >= 11 is 0. The quantitative estimate of drug-likeness (QED) is 0.894. The first-order chi connectivity index (χ1) is 8.66. The van der Waals surface area contributed by atoms with E-state index in [0.717, 1.165) is 36.9 Å². The minimum atomic E-state index is -0.378. The van der Waals surface area contributed by atoms with Gasteiger partial charge < -0.3 is 5.11 Å². The van der Waals surface area contributed by atoms with Crippen LogP contribution in [0, 0.1) is 0 Å². The van der Waals surface area contributed by atoms with E-state index in [9.17, 15) is 5.11 Å². The molecule has 2 aromatic rings. The first kappa shape index (κ1) is 11.5. The first-order valence-corrected chi connectivity index (χ1v) is 6.47. The fourth-order valence-corrected chi connectivity index (χ4v) is 2.24. The Labute approximate surface area is 107 Å². The van der Waals surface area contributed by atoms with Gasteiger partial charge in [-0.05, 0) is 31.7 Å². The van der Waals surface area contributed by atoms with Crippen LogP contribution >= 0.6 is 0 Å². The lowest BCUT2D eigenvalue weighted by atomic mass is 10.1. The Morgan fingerprint density at radius 3 is 2.67 bits per heavy atom. The van der Waals surface area contributed by atoms with Crippen LogP contribution in [-0.4, -0.2) is 20.5 Å². The summed E-state index contributed by atoms with van der Waals surface area (Å²) < 4.78 is 1.92. The summed E-state index contributed by atoms with van der Waals surface area (Å²) in [5.41, 5.74) is 2.96. The van der Waals surface area contributed by atoms with Crippen molar-refractivity contribution in [3.05, 3.63) is 42.1 Å². The molecule has 0 saturated heterocycles. The number of hydrogen-bond donors (Lipinski definition) is 1. The summed E-state index contributed by atoms with van der Waals surface area (Å²) in [5.74, 6) is 0. The summed E-state index contributed by atoms with van der Waals surface area (Å²) in [6, 6.07) is 12.3. The average molecular weight is 242 g/mol. The lowest BCUT2D eigenvalue weighted by Gasteiger charge is -2.06. The molecule has 94 valence electrons. The van der Waals surface area contributed by atoms with Crippen LogP contribution in [0.2, 0.25) is 0 Å². The zero-order valence-electron chi connectivity index (χ0n) is 10.6. The number of nitrogens with zero attached hydrogens (tertiary/aromatic N) is 2. The van der Waals surface area contributed by atoms with Crippen molar-refractivity contribution in [1.82, 2.24) is 9.78 Å². The second kappa shape index (κ2) is 4.25. The van der Waals surface area contributed by atoms with E-state index >= 15 is 0 Å². The van der Waals surface area contributed by atoms with Gasteiger partial charge in [0.2, 0.25) is 0 Å². The van der Waals surface area contributed by atoms with Gasteiger partial charge in [0.25, 0.3) is 0 Å². The molecule has 1 heterocycles. The number of aliphatic hydroxyl groups is 1. The van der Waals surface area contributed by atoms with Crippen LogP contribution in [0.3, 0.4) is 0 Å². The third kappa shape index (κ3) is 2.31. The molecule has 1 saturated carbocycles. The highest BCUT2D eigenvalue weighted by Crippen LogP contribution is 2.39. The minimum absolute atomic E-state index is 0.378. The van der Waals surface area contributed by atoms with Gasteiger partial charge in [0, 0.05) is 18.3 Å². The Bertz CT molecular complexity index is 541. The molecule has 0 unspecified atom stereocenters. The Kier molecular flexibility index (Phi) is 2.71. The van der Waals surface area contributed by atoms with Crippen LogP contribution in [0.25, 0.3) is 11.3 Å². The fourth-order valence-electron chi connectivity index (χ4n) is 2.24. The van der Waals surface area contributed by atoms with Crippen LogP contribution in [0.4, 0.5) is 0 Å². The monoisotopic (exact) mass is 242 g/mol. The molecule has 0 aliphatic heterocycles. The van der Waals surface area contributed by atoms with E-state index in [0.29, 0.717) is 0 Å². The first-order valence-electron chi connectivity index (χ1n) is 6.47. The van der Waals surface area contributed by atoms with E-state index in [1.807, 2.05) is 29.9 Å². The molecule has 1 aliphatic rings. The third-order valence-electron chi connectivity index (χ3n) is 3.72. The van der Waals surface area contributed by atoms with E-state index in [2.05, 4.69) is 23.3 Å². The Morgan fingerprint density at radius 1 is 1.28 bits per heavy atom. The van der Waals surface area contributed by atoms with Gasteiger partial charge in [-0.15, -0.1) is 0 Å². The van der Waals surface area contributed by atoms with Gasteiger partial charge in [-0.3, -0.25) is 4.68 Å². The molecule has 0 amide bonds. The van der Waals surface area contributed by atoms with Crippen molar-refractivity contribution in [1.29, 1.82) is 0 Å². The number of hydrogen-bond acceptors (Lipinski definition) is 2. The van der Waals surface area contributed by atoms with Crippen molar-refractivity contribution < 1.29 is 5.11 Å². The van der Waals surface area contributed by atoms with E-state index in [1.165, 1.54) is 5.69 Å². The van der Waals surface area contributed by atoms with E-state index in [4.69, 9.17) is 0 Å². The summed E-state index contributed by atoms with van der Waals surface area (Å²) in [4.78, 5) is 0. The molecule has 1 aromatic carbocycles. The summed E-state index contributed by atoms with van der Waals surface area (Å²) in [5, 5.41) is 14.4. The van der Waals surface area contributed by atoms with Gasteiger partial charge in [-0.1, -0.05) is 30.3 Å². The van der Waals surface area contributed by atoms with Crippen LogP contribution in [0.1, 0.15) is 25.0 Å². The van der Waals surface area contributed by atoms with Crippen molar-refractivity contribution in [2.24, 2.45) is 7.05 Å². The zero-order chi connectivity index (χ0) is 12.6. The normalized spacial score (nSPS) is 16.8. The van der Waals surface area contributed by atoms with Gasteiger partial charge >= 0.3 is 0 Å². The molecule has 1 N–H and O–H groups in total. The van der Waals surface area contributed by atoms with Gasteiger partial charge in [-0.2, -0.15) is 5.10 Å². The van der Waals surface area contributed by atoms with Crippen LogP contribution in [-0.2, 0) is 13.5 Å². The molecule has 3 rings (SSSR count). The highest BCUT2D eigenvalue weighted by molar-refractivity contribution is 5.59. The SMILES string of the molecule is Cn1nc(-c2ccccc2)cc1CCC1(O)CC1. The molecule has 0 bridgehead atoms. The van der Waals surface area contributed by atoms with E-state index in [-0.39, 0.29) is 5.60 Å². The number of rotatable bonds is 4. The van der Waals surface area contributed by atoms with Crippen LogP contribution < -0.4 is 0 Å². The molecular formula is C15H18N2O. The Morgan fingerprint density at radius 2 is 2.00 bits per heavy atom. The maximum Gasteiger partial charge on any atom is 0.0925 e. The van der Waals surface area contributed by atoms with E-state index < -0.39 is 0 Å². The molecule has 1 aliphatic carbocycles. The van der Waals surface area contributed by atoms with Crippen molar-refractivity contribution in [2.75, 3.05) is 0 Å². The predicted octanol–water partition coefficient (Wildman–Crippen LogP) is 2.54. The van der Waals surface area contributed by atoms with Gasteiger partial charge in [0.1, 0.15) is 0 Å². The van der Waals surface area contributed by atoms with Gasteiger partial charge in [0.05, 0.1) is 11.3 Å².